The Morgan fingerprint density at radius 2 is 2.18 bits per heavy atom. The van der Waals surface area contributed by atoms with Crippen molar-refractivity contribution >= 4 is 16.9 Å². The quantitative estimate of drug-likeness (QED) is 0.814. The van der Waals surface area contributed by atoms with E-state index >= 15 is 0 Å². The van der Waals surface area contributed by atoms with Gasteiger partial charge in [0.25, 0.3) is 0 Å². The van der Waals surface area contributed by atoms with Crippen molar-refractivity contribution in [1.82, 2.24) is 5.32 Å². The lowest BCUT2D eigenvalue weighted by Crippen LogP contribution is -2.40. The number of nitrogens with zero attached hydrogens (tertiary/aromatic N) is 1. The topological polar surface area (TPSA) is 24.4 Å². The van der Waals surface area contributed by atoms with Gasteiger partial charge in [0.15, 0.2) is 5.17 Å². The highest BCUT2D eigenvalue weighted by Crippen LogP contribution is 2.37. The van der Waals surface area contributed by atoms with Crippen molar-refractivity contribution in [3.05, 3.63) is 0 Å². The molecule has 1 aliphatic heterocycles. The predicted octanol–water partition coefficient (Wildman–Crippen LogP) is 3.43. The Hall–Kier alpha value is -0.180. The third kappa shape index (κ3) is 2.64. The molecule has 1 spiro atoms. The molecule has 2 aliphatic carbocycles. The molecule has 2 nitrogen and oxygen atoms in total. The Morgan fingerprint density at radius 3 is 2.88 bits per heavy atom. The molecule has 1 N–H and O–H groups in total. The zero-order valence-corrected chi connectivity index (χ0v) is 11.7. The number of aliphatic imine (C=N–C) groups is 1. The van der Waals surface area contributed by atoms with E-state index in [1.807, 2.05) is 11.8 Å². The Kier molecular flexibility index (Phi) is 3.38. The second-order valence-corrected chi connectivity index (χ2v) is 7.30. The average molecular weight is 252 g/mol. The van der Waals surface area contributed by atoms with Crippen LogP contribution in [-0.2, 0) is 0 Å². The van der Waals surface area contributed by atoms with Crippen LogP contribution in [0.25, 0.3) is 0 Å². The normalized spacial score (nSPS) is 38.1. The van der Waals surface area contributed by atoms with Crippen molar-refractivity contribution in [3.63, 3.8) is 0 Å². The van der Waals surface area contributed by atoms with Gasteiger partial charge in [0.1, 0.15) is 0 Å². The van der Waals surface area contributed by atoms with Gasteiger partial charge in [-0.2, -0.15) is 0 Å². The van der Waals surface area contributed by atoms with E-state index in [1.165, 1.54) is 55.9 Å². The highest BCUT2D eigenvalue weighted by molar-refractivity contribution is 8.14. The first kappa shape index (κ1) is 11.9. The minimum atomic E-state index is 0.437. The van der Waals surface area contributed by atoms with Gasteiger partial charge < -0.3 is 5.32 Å². The molecule has 3 fully saturated rings. The number of hydrogen-bond acceptors (Lipinski definition) is 2. The molecule has 3 aliphatic rings. The van der Waals surface area contributed by atoms with E-state index in [-0.39, 0.29) is 0 Å². The van der Waals surface area contributed by atoms with Gasteiger partial charge >= 0.3 is 0 Å². The van der Waals surface area contributed by atoms with E-state index in [0.29, 0.717) is 5.54 Å². The van der Waals surface area contributed by atoms with Crippen molar-refractivity contribution < 1.29 is 0 Å². The fourth-order valence-corrected chi connectivity index (χ4v) is 4.84. The van der Waals surface area contributed by atoms with Gasteiger partial charge in [0, 0.05) is 17.8 Å². The Balaban J connectivity index is 1.52. The van der Waals surface area contributed by atoms with Crippen LogP contribution in [0.15, 0.2) is 4.99 Å². The Bertz CT molecular complexity index is 307. The molecule has 96 valence electrons. The van der Waals surface area contributed by atoms with E-state index < -0.39 is 0 Å². The molecule has 2 unspecified atom stereocenters. The fourth-order valence-electron chi connectivity index (χ4n) is 3.61. The van der Waals surface area contributed by atoms with Crippen molar-refractivity contribution in [2.75, 3.05) is 12.3 Å². The minimum Gasteiger partial charge on any atom is -0.359 e. The van der Waals surface area contributed by atoms with Crippen LogP contribution in [0.3, 0.4) is 0 Å². The van der Waals surface area contributed by atoms with Crippen LogP contribution in [0.2, 0.25) is 0 Å². The summed E-state index contributed by atoms with van der Waals surface area (Å²) in [7, 11) is 0. The van der Waals surface area contributed by atoms with E-state index in [1.54, 1.807) is 0 Å². The monoisotopic (exact) mass is 252 g/mol. The molecule has 0 bridgehead atoms. The number of rotatable bonds is 2. The summed E-state index contributed by atoms with van der Waals surface area (Å²) in [6.07, 6.45) is 9.74. The summed E-state index contributed by atoms with van der Waals surface area (Å²) in [4.78, 5) is 4.83. The lowest BCUT2D eigenvalue weighted by molar-refractivity contribution is 0.451. The van der Waals surface area contributed by atoms with Crippen LogP contribution in [0.5, 0.6) is 0 Å². The summed E-state index contributed by atoms with van der Waals surface area (Å²) in [5.41, 5.74) is 0.437. The third-order valence-electron chi connectivity index (χ3n) is 4.71. The van der Waals surface area contributed by atoms with Gasteiger partial charge in [-0.25, -0.2) is 0 Å². The highest BCUT2D eigenvalue weighted by atomic mass is 32.2. The van der Waals surface area contributed by atoms with Crippen molar-refractivity contribution in [1.29, 1.82) is 0 Å². The molecule has 3 heteroatoms. The maximum atomic E-state index is 4.83. The van der Waals surface area contributed by atoms with E-state index in [2.05, 4.69) is 12.2 Å². The SMILES string of the molecule is CC1CCC(CN=C2NC3(CCCC3)CS2)C1. The largest absolute Gasteiger partial charge is 0.359 e. The molecule has 2 saturated carbocycles. The van der Waals surface area contributed by atoms with Crippen LogP contribution < -0.4 is 5.32 Å². The Morgan fingerprint density at radius 1 is 1.35 bits per heavy atom. The summed E-state index contributed by atoms with van der Waals surface area (Å²) in [5, 5.41) is 4.96. The summed E-state index contributed by atoms with van der Waals surface area (Å²) >= 11 is 1.96. The Labute approximate surface area is 109 Å². The summed E-state index contributed by atoms with van der Waals surface area (Å²) < 4.78 is 0. The third-order valence-corrected chi connectivity index (χ3v) is 5.92. The van der Waals surface area contributed by atoms with E-state index in [0.717, 1.165) is 18.4 Å². The van der Waals surface area contributed by atoms with Crippen LogP contribution in [0, 0.1) is 11.8 Å². The van der Waals surface area contributed by atoms with Gasteiger partial charge in [0.2, 0.25) is 0 Å². The molecule has 0 aromatic rings. The number of amidine groups is 1. The fraction of sp³-hybridized carbons (Fsp3) is 0.929. The lowest BCUT2D eigenvalue weighted by atomic mass is 10.0. The molecule has 1 heterocycles. The molecule has 3 rings (SSSR count). The first-order chi connectivity index (χ1) is 8.26. The molecular weight excluding hydrogens is 228 g/mol. The summed E-state index contributed by atoms with van der Waals surface area (Å²) in [5.74, 6) is 3.05. The van der Waals surface area contributed by atoms with Crippen molar-refractivity contribution in [3.8, 4) is 0 Å². The molecule has 2 atom stereocenters. The van der Waals surface area contributed by atoms with Crippen molar-refractivity contribution in [2.45, 2.75) is 57.4 Å². The van der Waals surface area contributed by atoms with Gasteiger partial charge in [0.05, 0.1) is 0 Å². The predicted molar refractivity (Wildman–Crippen MR) is 75.6 cm³/mol. The van der Waals surface area contributed by atoms with Gasteiger partial charge in [-0.3, -0.25) is 4.99 Å². The van der Waals surface area contributed by atoms with Crippen LogP contribution in [0.1, 0.15) is 51.9 Å². The van der Waals surface area contributed by atoms with Crippen molar-refractivity contribution in [2.24, 2.45) is 16.8 Å². The second-order valence-electron chi connectivity index (χ2n) is 6.33. The summed E-state index contributed by atoms with van der Waals surface area (Å²) in [6, 6.07) is 0. The molecule has 0 radical (unpaired) electrons. The maximum Gasteiger partial charge on any atom is 0.157 e. The lowest BCUT2D eigenvalue weighted by Gasteiger charge is -2.21. The number of thioether (sulfide) groups is 1. The van der Waals surface area contributed by atoms with Crippen LogP contribution in [0.4, 0.5) is 0 Å². The maximum absolute atomic E-state index is 4.83. The highest BCUT2D eigenvalue weighted by Gasteiger charge is 2.39. The minimum absolute atomic E-state index is 0.437. The van der Waals surface area contributed by atoms with E-state index in [9.17, 15) is 0 Å². The number of nitrogens with one attached hydrogen (secondary N) is 1. The molecule has 0 amide bonds. The van der Waals surface area contributed by atoms with Crippen LogP contribution >= 0.6 is 11.8 Å². The standard InChI is InChI=1S/C14H24N2S/c1-11-4-5-12(8-11)9-15-13-16-14(10-17-13)6-2-3-7-14/h11-12H,2-10H2,1H3,(H,15,16). The molecule has 17 heavy (non-hydrogen) atoms. The first-order valence-corrected chi connectivity index (χ1v) is 8.20. The smallest absolute Gasteiger partial charge is 0.157 e. The van der Waals surface area contributed by atoms with Gasteiger partial charge in [-0.05, 0) is 37.5 Å². The average Bonchev–Trinajstić information content (AvgIpc) is 3.01. The molecule has 0 aromatic carbocycles. The zero-order chi connectivity index (χ0) is 11.7. The van der Waals surface area contributed by atoms with Crippen LogP contribution in [-0.4, -0.2) is 23.0 Å². The first-order valence-electron chi connectivity index (χ1n) is 7.21. The molecule has 0 aromatic heterocycles. The van der Waals surface area contributed by atoms with E-state index in [4.69, 9.17) is 4.99 Å². The van der Waals surface area contributed by atoms with Gasteiger partial charge in [-0.15, -0.1) is 0 Å². The number of hydrogen-bond donors (Lipinski definition) is 1. The second kappa shape index (κ2) is 4.83. The molecular formula is C14H24N2S. The zero-order valence-electron chi connectivity index (χ0n) is 10.9. The summed E-state index contributed by atoms with van der Waals surface area (Å²) in [6.45, 7) is 3.44. The molecule has 1 saturated heterocycles. The van der Waals surface area contributed by atoms with Gasteiger partial charge in [-0.1, -0.05) is 37.9 Å².